The average Bonchev–Trinajstić information content (AvgIpc) is 2.52. The van der Waals surface area contributed by atoms with Gasteiger partial charge in [0.25, 0.3) is 5.91 Å². The fourth-order valence-corrected chi connectivity index (χ4v) is 3.17. The third-order valence-corrected chi connectivity index (χ3v) is 4.31. The fraction of sp³-hybridized carbons (Fsp3) is 0.533. The number of methoxy groups -OCH3 is 3. The predicted octanol–water partition coefficient (Wildman–Crippen LogP) is 2.71. The summed E-state index contributed by atoms with van der Waals surface area (Å²) in [7, 11) is 4.63. The van der Waals surface area contributed by atoms with Crippen molar-refractivity contribution in [2.24, 2.45) is 0 Å². The molecule has 2 rings (SSSR count). The molecule has 0 spiro atoms. The summed E-state index contributed by atoms with van der Waals surface area (Å²) in [6.45, 7) is 1.49. The highest BCUT2D eigenvalue weighted by Gasteiger charge is 2.25. The molecule has 0 radical (unpaired) electrons. The second-order valence-corrected chi connectivity index (χ2v) is 6.20. The minimum atomic E-state index is -0.0154. The summed E-state index contributed by atoms with van der Waals surface area (Å²) in [6.07, 6.45) is 2.10. The predicted molar refractivity (Wildman–Crippen MR) is 84.0 cm³/mol. The first-order valence-electron chi connectivity index (χ1n) is 6.84. The Bertz CT molecular complexity index is 495. The monoisotopic (exact) mass is 357 g/mol. The zero-order chi connectivity index (χ0) is 15.4. The number of piperidine rings is 1. The molecule has 0 saturated carbocycles. The molecule has 0 bridgehead atoms. The second-order valence-electron chi connectivity index (χ2n) is 4.90. The van der Waals surface area contributed by atoms with Crippen LogP contribution >= 0.6 is 15.9 Å². The number of carbonyl (C=O) groups is 1. The fourth-order valence-electron chi connectivity index (χ4n) is 2.50. The van der Waals surface area contributed by atoms with Gasteiger partial charge in [0.05, 0.1) is 21.3 Å². The van der Waals surface area contributed by atoms with Gasteiger partial charge in [-0.15, -0.1) is 0 Å². The van der Waals surface area contributed by atoms with Gasteiger partial charge in [-0.1, -0.05) is 15.9 Å². The van der Waals surface area contributed by atoms with Crippen LogP contribution in [0.25, 0.3) is 0 Å². The summed E-state index contributed by atoms with van der Waals surface area (Å²) in [4.78, 5) is 14.8. The van der Waals surface area contributed by atoms with E-state index in [0.29, 0.717) is 27.6 Å². The molecule has 6 heteroatoms. The van der Waals surface area contributed by atoms with E-state index in [0.717, 1.165) is 25.9 Å². The highest BCUT2D eigenvalue weighted by Crippen LogP contribution is 2.38. The molecule has 1 fully saturated rings. The first kappa shape index (κ1) is 15.9. The van der Waals surface area contributed by atoms with Crippen LogP contribution in [0.4, 0.5) is 0 Å². The van der Waals surface area contributed by atoms with Gasteiger partial charge in [-0.3, -0.25) is 4.79 Å². The Labute approximate surface area is 133 Å². The highest BCUT2D eigenvalue weighted by molar-refractivity contribution is 9.09. The number of likely N-dealkylation sites (tertiary alicyclic amines) is 1. The van der Waals surface area contributed by atoms with Crippen LogP contribution in [0.5, 0.6) is 17.2 Å². The standard InChI is InChI=1S/C15H20BrNO4/c1-19-12-7-10(8-13(20-2)14(12)21-3)15(18)17-6-4-5-11(16)9-17/h7-8,11H,4-6,9H2,1-3H3. The number of nitrogens with zero attached hydrogens (tertiary/aromatic N) is 1. The van der Waals surface area contributed by atoms with Crippen molar-refractivity contribution < 1.29 is 19.0 Å². The number of amides is 1. The van der Waals surface area contributed by atoms with Crippen LogP contribution in [0.3, 0.4) is 0 Å². The third-order valence-electron chi connectivity index (χ3n) is 3.56. The Morgan fingerprint density at radius 3 is 2.29 bits per heavy atom. The smallest absolute Gasteiger partial charge is 0.254 e. The minimum Gasteiger partial charge on any atom is -0.493 e. The van der Waals surface area contributed by atoms with Crippen molar-refractivity contribution in [1.29, 1.82) is 0 Å². The zero-order valence-corrected chi connectivity index (χ0v) is 14.1. The second kappa shape index (κ2) is 7.02. The maximum atomic E-state index is 12.6. The molecule has 1 atom stereocenters. The SMILES string of the molecule is COc1cc(C(=O)N2CCCC(Br)C2)cc(OC)c1OC. The molecular formula is C15H20BrNO4. The van der Waals surface area contributed by atoms with Crippen LogP contribution in [0.1, 0.15) is 23.2 Å². The van der Waals surface area contributed by atoms with E-state index in [-0.39, 0.29) is 5.91 Å². The molecule has 0 aliphatic carbocycles. The molecule has 1 heterocycles. The maximum absolute atomic E-state index is 12.6. The van der Waals surface area contributed by atoms with Crippen molar-refractivity contribution in [3.05, 3.63) is 17.7 Å². The third kappa shape index (κ3) is 3.43. The van der Waals surface area contributed by atoms with Gasteiger partial charge in [-0.2, -0.15) is 0 Å². The lowest BCUT2D eigenvalue weighted by atomic mass is 10.1. The molecule has 21 heavy (non-hydrogen) atoms. The average molecular weight is 358 g/mol. The molecule has 1 amide bonds. The molecule has 1 aliphatic heterocycles. The molecule has 1 saturated heterocycles. The van der Waals surface area contributed by atoms with E-state index in [2.05, 4.69) is 15.9 Å². The van der Waals surface area contributed by atoms with Gasteiger partial charge in [-0.05, 0) is 25.0 Å². The van der Waals surface area contributed by atoms with Crippen LogP contribution in [0.15, 0.2) is 12.1 Å². The van der Waals surface area contributed by atoms with Crippen molar-refractivity contribution in [1.82, 2.24) is 4.90 Å². The molecule has 1 unspecified atom stereocenters. The number of hydrogen-bond acceptors (Lipinski definition) is 4. The number of halogens is 1. The van der Waals surface area contributed by atoms with Gasteiger partial charge in [0.1, 0.15) is 0 Å². The topological polar surface area (TPSA) is 48.0 Å². The molecule has 0 aromatic heterocycles. The van der Waals surface area contributed by atoms with Gasteiger partial charge in [0.2, 0.25) is 5.75 Å². The van der Waals surface area contributed by atoms with Crippen molar-refractivity contribution in [2.45, 2.75) is 17.7 Å². The summed E-state index contributed by atoms with van der Waals surface area (Å²) in [5.41, 5.74) is 0.547. The molecule has 1 aliphatic rings. The molecule has 5 nitrogen and oxygen atoms in total. The van der Waals surface area contributed by atoms with Crippen LogP contribution in [0, 0.1) is 0 Å². The summed E-state index contributed by atoms with van der Waals surface area (Å²) in [6, 6.07) is 3.39. The maximum Gasteiger partial charge on any atom is 0.254 e. The van der Waals surface area contributed by atoms with E-state index >= 15 is 0 Å². The van der Waals surface area contributed by atoms with Gasteiger partial charge in [-0.25, -0.2) is 0 Å². The normalized spacial score (nSPS) is 18.3. The van der Waals surface area contributed by atoms with Crippen molar-refractivity contribution in [2.75, 3.05) is 34.4 Å². The zero-order valence-electron chi connectivity index (χ0n) is 12.5. The summed E-state index contributed by atoms with van der Waals surface area (Å²) >= 11 is 3.59. The van der Waals surface area contributed by atoms with E-state index < -0.39 is 0 Å². The van der Waals surface area contributed by atoms with E-state index in [9.17, 15) is 4.79 Å². The first-order chi connectivity index (χ1) is 10.1. The molecular weight excluding hydrogens is 338 g/mol. The van der Waals surface area contributed by atoms with Gasteiger partial charge < -0.3 is 19.1 Å². The van der Waals surface area contributed by atoms with E-state index in [1.54, 1.807) is 33.5 Å². The van der Waals surface area contributed by atoms with Crippen LogP contribution in [-0.2, 0) is 0 Å². The number of ether oxygens (including phenoxy) is 3. The van der Waals surface area contributed by atoms with Crippen molar-refractivity contribution in [3.63, 3.8) is 0 Å². The Kier molecular flexibility index (Phi) is 5.33. The van der Waals surface area contributed by atoms with Gasteiger partial charge in [0.15, 0.2) is 11.5 Å². The van der Waals surface area contributed by atoms with Crippen LogP contribution < -0.4 is 14.2 Å². The summed E-state index contributed by atoms with van der Waals surface area (Å²) in [5.74, 6) is 1.46. The Morgan fingerprint density at radius 2 is 1.81 bits per heavy atom. The Balaban J connectivity index is 2.32. The summed E-state index contributed by atoms with van der Waals surface area (Å²) in [5, 5.41) is 0. The number of hydrogen-bond donors (Lipinski definition) is 0. The quantitative estimate of drug-likeness (QED) is 0.777. The molecule has 0 N–H and O–H groups in total. The Morgan fingerprint density at radius 1 is 1.19 bits per heavy atom. The highest BCUT2D eigenvalue weighted by atomic mass is 79.9. The number of alkyl halides is 1. The number of rotatable bonds is 4. The first-order valence-corrected chi connectivity index (χ1v) is 7.75. The van der Waals surface area contributed by atoms with Crippen molar-refractivity contribution in [3.8, 4) is 17.2 Å². The van der Waals surface area contributed by atoms with E-state index in [4.69, 9.17) is 14.2 Å². The lowest BCUT2D eigenvalue weighted by Crippen LogP contribution is -2.40. The number of benzene rings is 1. The minimum absolute atomic E-state index is 0.0154. The summed E-state index contributed by atoms with van der Waals surface area (Å²) < 4.78 is 15.9. The van der Waals surface area contributed by atoms with E-state index in [1.807, 2.05) is 4.90 Å². The largest absolute Gasteiger partial charge is 0.493 e. The van der Waals surface area contributed by atoms with Crippen LogP contribution in [-0.4, -0.2) is 50.1 Å². The van der Waals surface area contributed by atoms with Crippen molar-refractivity contribution >= 4 is 21.8 Å². The lowest BCUT2D eigenvalue weighted by molar-refractivity contribution is 0.0729. The molecule has 116 valence electrons. The number of carbonyl (C=O) groups excluding carboxylic acids is 1. The lowest BCUT2D eigenvalue weighted by Gasteiger charge is -2.30. The Hall–Kier alpha value is -1.43. The molecule has 1 aromatic rings. The van der Waals surface area contributed by atoms with Gasteiger partial charge in [0, 0.05) is 23.5 Å². The van der Waals surface area contributed by atoms with Crippen LogP contribution in [0.2, 0.25) is 0 Å². The molecule has 1 aromatic carbocycles. The van der Waals surface area contributed by atoms with Gasteiger partial charge >= 0.3 is 0 Å². The van der Waals surface area contributed by atoms with E-state index in [1.165, 1.54) is 0 Å².